The minimum atomic E-state index is -0.668. The number of carbonyl (C=O) groups excluding carboxylic acids is 1. The van der Waals surface area contributed by atoms with Gasteiger partial charge in [-0.3, -0.25) is 14.7 Å². The molecule has 0 bridgehead atoms. The zero-order valence-electron chi connectivity index (χ0n) is 14.3. The maximum atomic E-state index is 13.1. The first-order chi connectivity index (χ1) is 12.0. The summed E-state index contributed by atoms with van der Waals surface area (Å²) in [5.41, 5.74) is 5.86. The summed E-state index contributed by atoms with van der Waals surface area (Å²) < 4.78 is 5.42. The van der Waals surface area contributed by atoms with Crippen LogP contribution in [0.3, 0.4) is 0 Å². The van der Waals surface area contributed by atoms with Crippen molar-refractivity contribution in [3.63, 3.8) is 0 Å². The monoisotopic (exact) mass is 362 g/mol. The van der Waals surface area contributed by atoms with Gasteiger partial charge in [0.2, 0.25) is 11.0 Å². The Kier molecular flexibility index (Phi) is 5.26. The van der Waals surface area contributed by atoms with Crippen LogP contribution in [-0.4, -0.2) is 52.3 Å². The van der Waals surface area contributed by atoms with Crippen molar-refractivity contribution < 1.29 is 9.53 Å². The molecule has 1 aliphatic rings. The molecule has 1 aliphatic heterocycles. The van der Waals surface area contributed by atoms with E-state index >= 15 is 0 Å². The largest absolute Gasteiger partial charge is 0.379 e. The summed E-state index contributed by atoms with van der Waals surface area (Å²) in [7, 11) is 0. The van der Waals surface area contributed by atoms with Crippen molar-refractivity contribution in [3.05, 3.63) is 35.1 Å². The van der Waals surface area contributed by atoms with Crippen molar-refractivity contribution >= 4 is 22.4 Å². The maximum Gasteiger partial charge on any atom is 0.242 e. The van der Waals surface area contributed by atoms with E-state index in [1.807, 2.05) is 26.0 Å². The number of hydrogen-bond donors (Lipinski definition) is 2. The second kappa shape index (κ2) is 7.42. The zero-order valence-corrected chi connectivity index (χ0v) is 15.1. The molecule has 3 heterocycles. The summed E-state index contributed by atoms with van der Waals surface area (Å²) in [6, 6.07) is 3.33. The Morgan fingerprint density at radius 1 is 1.40 bits per heavy atom. The molecule has 1 unspecified atom stereocenters. The fourth-order valence-electron chi connectivity index (χ4n) is 2.82. The van der Waals surface area contributed by atoms with Gasteiger partial charge in [0.05, 0.1) is 18.8 Å². The van der Waals surface area contributed by atoms with E-state index in [-0.39, 0.29) is 5.91 Å². The molecule has 134 valence electrons. The lowest BCUT2D eigenvalue weighted by atomic mass is 10.0. The van der Waals surface area contributed by atoms with E-state index < -0.39 is 11.6 Å². The van der Waals surface area contributed by atoms with Crippen LogP contribution in [0.4, 0.5) is 5.13 Å². The van der Waals surface area contributed by atoms with Gasteiger partial charge in [0.1, 0.15) is 11.0 Å². The minimum Gasteiger partial charge on any atom is -0.379 e. The molecule has 0 aromatic carbocycles. The van der Waals surface area contributed by atoms with Crippen molar-refractivity contribution in [2.75, 3.05) is 32.0 Å². The number of amides is 1. The summed E-state index contributed by atoms with van der Waals surface area (Å²) >= 11 is 1.27. The molecular formula is C16H22N6O2S. The van der Waals surface area contributed by atoms with E-state index in [0.717, 1.165) is 5.56 Å². The van der Waals surface area contributed by atoms with Gasteiger partial charge in [0, 0.05) is 25.5 Å². The lowest BCUT2D eigenvalue weighted by Crippen LogP contribution is -2.50. The number of anilines is 1. The van der Waals surface area contributed by atoms with E-state index in [1.54, 1.807) is 12.4 Å². The van der Waals surface area contributed by atoms with Gasteiger partial charge in [-0.2, -0.15) is 0 Å². The smallest absolute Gasteiger partial charge is 0.242 e. The van der Waals surface area contributed by atoms with E-state index in [9.17, 15) is 4.79 Å². The van der Waals surface area contributed by atoms with Crippen LogP contribution in [0.25, 0.3) is 0 Å². The van der Waals surface area contributed by atoms with Crippen molar-refractivity contribution in [3.8, 4) is 0 Å². The van der Waals surface area contributed by atoms with Gasteiger partial charge in [-0.25, -0.2) is 0 Å². The molecule has 1 fully saturated rings. The molecule has 2 aromatic rings. The van der Waals surface area contributed by atoms with Crippen LogP contribution in [0.5, 0.6) is 0 Å². The number of aromatic nitrogens is 3. The number of morpholine rings is 1. The summed E-state index contributed by atoms with van der Waals surface area (Å²) in [4.78, 5) is 19.4. The first-order valence-electron chi connectivity index (χ1n) is 8.10. The fraction of sp³-hybridized carbons (Fsp3) is 0.500. The van der Waals surface area contributed by atoms with Crippen LogP contribution in [-0.2, 0) is 15.1 Å². The highest BCUT2D eigenvalue weighted by Crippen LogP contribution is 2.28. The van der Waals surface area contributed by atoms with Crippen molar-refractivity contribution in [2.45, 2.75) is 25.4 Å². The van der Waals surface area contributed by atoms with E-state index in [1.165, 1.54) is 11.3 Å². The van der Waals surface area contributed by atoms with Crippen LogP contribution >= 0.6 is 11.3 Å². The highest BCUT2D eigenvalue weighted by Gasteiger charge is 2.34. The number of nitrogens with one attached hydrogen (secondary N) is 1. The Morgan fingerprint density at radius 3 is 2.76 bits per heavy atom. The van der Waals surface area contributed by atoms with Crippen LogP contribution in [0.2, 0.25) is 0 Å². The van der Waals surface area contributed by atoms with E-state index in [0.29, 0.717) is 36.4 Å². The molecule has 1 saturated heterocycles. The van der Waals surface area contributed by atoms with E-state index in [2.05, 4.69) is 25.4 Å². The topological polar surface area (TPSA) is 106 Å². The third kappa shape index (κ3) is 4.12. The van der Waals surface area contributed by atoms with Gasteiger partial charge in [-0.05, 0) is 25.5 Å². The van der Waals surface area contributed by atoms with Gasteiger partial charge < -0.3 is 15.8 Å². The van der Waals surface area contributed by atoms with Crippen molar-refractivity contribution in [2.24, 2.45) is 0 Å². The lowest BCUT2D eigenvalue weighted by Gasteiger charge is -2.35. The van der Waals surface area contributed by atoms with Crippen LogP contribution in [0.15, 0.2) is 24.5 Å². The number of pyridine rings is 1. The molecule has 1 amide bonds. The Hall–Kier alpha value is -2.10. The molecule has 0 aliphatic carbocycles. The second-order valence-electron chi connectivity index (χ2n) is 6.40. The first-order valence-corrected chi connectivity index (χ1v) is 8.92. The van der Waals surface area contributed by atoms with Gasteiger partial charge in [-0.1, -0.05) is 17.4 Å². The normalized spacial score (nSPS) is 17.2. The SMILES string of the molecule is CC(C)(NC(=O)C(c1cccnc1)N1CCOCC1)c1nnc(N)s1. The molecule has 25 heavy (non-hydrogen) atoms. The summed E-state index contributed by atoms with van der Waals surface area (Å²) in [5, 5.41) is 12.0. The Morgan fingerprint density at radius 2 is 2.16 bits per heavy atom. The zero-order chi connectivity index (χ0) is 17.9. The number of carbonyl (C=O) groups is 1. The van der Waals surface area contributed by atoms with Gasteiger partial charge in [-0.15, -0.1) is 10.2 Å². The number of ether oxygens (including phenoxy) is 1. The summed E-state index contributed by atoms with van der Waals surface area (Å²) in [6.45, 7) is 6.40. The predicted molar refractivity (Wildman–Crippen MR) is 94.9 cm³/mol. The molecule has 0 spiro atoms. The fourth-order valence-corrected chi connectivity index (χ4v) is 3.49. The lowest BCUT2D eigenvalue weighted by molar-refractivity contribution is -0.130. The van der Waals surface area contributed by atoms with Crippen LogP contribution in [0.1, 0.15) is 30.5 Å². The van der Waals surface area contributed by atoms with E-state index in [4.69, 9.17) is 10.5 Å². The molecule has 3 N–H and O–H groups in total. The first kappa shape index (κ1) is 17.7. The summed E-state index contributed by atoms with van der Waals surface area (Å²) in [5.74, 6) is -0.103. The number of nitrogens with zero attached hydrogens (tertiary/aromatic N) is 4. The predicted octanol–water partition coefficient (Wildman–Crippen LogP) is 0.940. The minimum absolute atomic E-state index is 0.103. The third-order valence-corrected chi connectivity index (χ3v) is 5.15. The summed E-state index contributed by atoms with van der Waals surface area (Å²) in [6.07, 6.45) is 3.43. The Balaban J connectivity index is 1.83. The standard InChI is InChI=1S/C16H22N6O2S/c1-16(2,14-20-21-15(17)25-14)19-13(23)12(11-4-3-5-18-10-11)22-6-8-24-9-7-22/h3-5,10,12H,6-9H2,1-2H3,(H2,17,21)(H,19,23). The van der Waals surface area contributed by atoms with Crippen molar-refractivity contribution in [1.29, 1.82) is 0 Å². The average molecular weight is 362 g/mol. The second-order valence-corrected chi connectivity index (χ2v) is 7.41. The number of nitrogen functional groups attached to an aromatic ring is 1. The van der Waals surface area contributed by atoms with Gasteiger partial charge in [0.25, 0.3) is 0 Å². The molecule has 0 radical (unpaired) electrons. The molecule has 0 saturated carbocycles. The molecular weight excluding hydrogens is 340 g/mol. The molecule has 9 heteroatoms. The quantitative estimate of drug-likeness (QED) is 0.815. The molecule has 8 nitrogen and oxygen atoms in total. The number of nitrogens with two attached hydrogens (primary N) is 1. The highest BCUT2D eigenvalue weighted by molar-refractivity contribution is 7.15. The number of rotatable bonds is 5. The Labute approximate surface area is 150 Å². The molecule has 1 atom stereocenters. The molecule has 3 rings (SSSR count). The van der Waals surface area contributed by atoms with Crippen molar-refractivity contribution in [1.82, 2.24) is 25.4 Å². The highest BCUT2D eigenvalue weighted by atomic mass is 32.1. The third-order valence-electron chi connectivity index (χ3n) is 4.07. The van der Waals surface area contributed by atoms with Gasteiger partial charge >= 0.3 is 0 Å². The van der Waals surface area contributed by atoms with Gasteiger partial charge in [0.15, 0.2) is 0 Å². The molecule has 2 aromatic heterocycles. The average Bonchev–Trinajstić information content (AvgIpc) is 3.04. The van der Waals surface area contributed by atoms with Crippen LogP contribution in [0, 0.1) is 0 Å². The maximum absolute atomic E-state index is 13.1. The van der Waals surface area contributed by atoms with Crippen LogP contribution < -0.4 is 11.1 Å². The Bertz CT molecular complexity index is 714. The number of hydrogen-bond acceptors (Lipinski definition) is 8.